The van der Waals surface area contributed by atoms with E-state index in [-0.39, 0.29) is 5.41 Å². The van der Waals surface area contributed by atoms with Gasteiger partial charge >= 0.3 is 0 Å². The molecule has 19 heavy (non-hydrogen) atoms. The monoisotopic (exact) mass is 295 g/mol. The third-order valence-electron chi connectivity index (χ3n) is 2.64. The molecule has 0 atom stereocenters. The normalized spacial score (nSPS) is 11.6. The second-order valence-electron chi connectivity index (χ2n) is 5.41. The maximum absolute atomic E-state index is 6.00. The van der Waals surface area contributed by atoms with Crippen LogP contribution in [0, 0.1) is 0 Å². The molecule has 0 saturated carbocycles. The highest BCUT2D eigenvalue weighted by molar-refractivity contribution is 6.35. The average Bonchev–Trinajstić information content (AvgIpc) is 2.25. The summed E-state index contributed by atoms with van der Waals surface area (Å²) in [7, 11) is 0. The van der Waals surface area contributed by atoms with E-state index < -0.39 is 0 Å². The molecule has 0 aliphatic heterocycles. The largest absolute Gasteiger partial charge is 0.384 e. The van der Waals surface area contributed by atoms with Crippen molar-refractivity contribution in [1.29, 1.82) is 0 Å². The van der Waals surface area contributed by atoms with E-state index in [9.17, 15) is 0 Å². The van der Waals surface area contributed by atoms with Crippen molar-refractivity contribution in [3.63, 3.8) is 0 Å². The van der Waals surface area contributed by atoms with E-state index >= 15 is 0 Å². The van der Waals surface area contributed by atoms with E-state index in [0.29, 0.717) is 21.7 Å². The van der Waals surface area contributed by atoms with Crippen LogP contribution >= 0.6 is 23.2 Å². The van der Waals surface area contributed by atoms with Gasteiger partial charge in [0, 0.05) is 27.1 Å². The van der Waals surface area contributed by atoms with Gasteiger partial charge in [-0.25, -0.2) is 9.97 Å². The van der Waals surface area contributed by atoms with E-state index in [1.54, 1.807) is 24.3 Å². The lowest BCUT2D eigenvalue weighted by Gasteiger charge is -2.18. The van der Waals surface area contributed by atoms with Crippen molar-refractivity contribution >= 4 is 29.0 Å². The highest BCUT2D eigenvalue weighted by atomic mass is 35.5. The van der Waals surface area contributed by atoms with Crippen molar-refractivity contribution < 1.29 is 0 Å². The van der Waals surface area contributed by atoms with Crippen molar-refractivity contribution in [3.05, 3.63) is 40.0 Å². The molecule has 0 aliphatic carbocycles. The van der Waals surface area contributed by atoms with Gasteiger partial charge in [0.05, 0.1) is 5.69 Å². The minimum absolute atomic E-state index is 0.103. The molecule has 0 fully saturated rings. The number of halogens is 2. The molecule has 0 aliphatic rings. The van der Waals surface area contributed by atoms with E-state index in [1.165, 1.54) is 0 Å². The molecule has 2 rings (SSSR count). The van der Waals surface area contributed by atoms with Crippen LogP contribution in [0.2, 0.25) is 10.0 Å². The standard InChI is InChI=1S/C14H15Cl2N3/c1-14(2,3)11-7-12(17)19-13(18-11)8-4-9(15)6-10(16)5-8/h4-7H,1-3H3,(H2,17,18,19). The Kier molecular flexibility index (Phi) is 3.70. The zero-order valence-electron chi connectivity index (χ0n) is 11.0. The molecular weight excluding hydrogens is 281 g/mol. The predicted molar refractivity (Wildman–Crippen MR) is 80.6 cm³/mol. The first kappa shape index (κ1) is 14.1. The van der Waals surface area contributed by atoms with E-state index in [4.69, 9.17) is 28.9 Å². The third-order valence-corrected chi connectivity index (χ3v) is 3.07. The Morgan fingerprint density at radius 3 is 2.05 bits per heavy atom. The molecule has 2 N–H and O–H groups in total. The van der Waals surface area contributed by atoms with Crippen molar-refractivity contribution in [2.24, 2.45) is 0 Å². The summed E-state index contributed by atoms with van der Waals surface area (Å²) < 4.78 is 0. The van der Waals surface area contributed by atoms with Crippen LogP contribution in [0.5, 0.6) is 0 Å². The Morgan fingerprint density at radius 2 is 1.53 bits per heavy atom. The van der Waals surface area contributed by atoms with Crippen molar-refractivity contribution in [2.75, 3.05) is 5.73 Å². The lowest BCUT2D eigenvalue weighted by molar-refractivity contribution is 0.568. The summed E-state index contributed by atoms with van der Waals surface area (Å²) >= 11 is 12.0. The summed E-state index contributed by atoms with van der Waals surface area (Å²) in [6.07, 6.45) is 0. The first-order valence-electron chi connectivity index (χ1n) is 5.87. The molecule has 0 radical (unpaired) electrons. The second kappa shape index (κ2) is 4.99. The van der Waals surface area contributed by atoms with E-state index in [1.807, 2.05) is 0 Å². The zero-order valence-corrected chi connectivity index (χ0v) is 12.5. The van der Waals surface area contributed by atoms with Crippen molar-refractivity contribution in [1.82, 2.24) is 9.97 Å². The number of rotatable bonds is 1. The van der Waals surface area contributed by atoms with Gasteiger partial charge in [-0.3, -0.25) is 0 Å². The summed E-state index contributed by atoms with van der Waals surface area (Å²) in [5, 5.41) is 1.09. The maximum Gasteiger partial charge on any atom is 0.161 e. The Morgan fingerprint density at radius 1 is 0.947 bits per heavy atom. The highest BCUT2D eigenvalue weighted by Gasteiger charge is 2.18. The Hall–Kier alpha value is -1.32. The summed E-state index contributed by atoms with van der Waals surface area (Å²) in [5.41, 5.74) is 7.39. The molecular formula is C14H15Cl2N3. The van der Waals surface area contributed by atoms with Crippen LogP contribution in [0.3, 0.4) is 0 Å². The number of hydrogen-bond donors (Lipinski definition) is 1. The number of aromatic nitrogens is 2. The van der Waals surface area contributed by atoms with Crippen LogP contribution < -0.4 is 5.73 Å². The highest BCUT2D eigenvalue weighted by Crippen LogP contribution is 2.28. The molecule has 1 aromatic carbocycles. The Labute approximate surface area is 122 Å². The van der Waals surface area contributed by atoms with Crippen LogP contribution in [0.4, 0.5) is 5.82 Å². The van der Waals surface area contributed by atoms with Crippen molar-refractivity contribution in [3.8, 4) is 11.4 Å². The summed E-state index contributed by atoms with van der Waals surface area (Å²) in [5.74, 6) is 0.973. The third kappa shape index (κ3) is 3.37. The number of anilines is 1. The fraction of sp³-hybridized carbons (Fsp3) is 0.286. The van der Waals surface area contributed by atoms with Gasteiger partial charge in [-0.1, -0.05) is 44.0 Å². The Balaban J connectivity index is 2.59. The van der Waals surface area contributed by atoms with E-state index in [0.717, 1.165) is 11.3 Å². The fourth-order valence-electron chi connectivity index (χ4n) is 1.66. The molecule has 0 unspecified atom stereocenters. The summed E-state index contributed by atoms with van der Waals surface area (Å²) in [4.78, 5) is 8.80. The minimum atomic E-state index is -0.103. The minimum Gasteiger partial charge on any atom is -0.384 e. The number of nitrogens with two attached hydrogens (primary N) is 1. The van der Waals surface area contributed by atoms with Crippen LogP contribution in [-0.2, 0) is 5.41 Å². The van der Waals surface area contributed by atoms with Gasteiger partial charge in [-0.05, 0) is 18.2 Å². The van der Waals surface area contributed by atoms with Crippen LogP contribution in [0.1, 0.15) is 26.5 Å². The number of nitrogens with zero attached hydrogens (tertiary/aromatic N) is 2. The summed E-state index contributed by atoms with van der Waals surface area (Å²) in [6, 6.07) is 7.00. The van der Waals surface area contributed by atoms with Gasteiger partial charge < -0.3 is 5.73 Å². The van der Waals surface area contributed by atoms with Gasteiger partial charge in [0.15, 0.2) is 5.82 Å². The van der Waals surface area contributed by atoms with Gasteiger partial charge in [0.25, 0.3) is 0 Å². The predicted octanol–water partition coefficient (Wildman–Crippen LogP) is 4.33. The van der Waals surface area contributed by atoms with Gasteiger partial charge in [-0.2, -0.15) is 0 Å². The summed E-state index contributed by atoms with van der Waals surface area (Å²) in [6.45, 7) is 6.22. The van der Waals surface area contributed by atoms with Crippen molar-refractivity contribution in [2.45, 2.75) is 26.2 Å². The molecule has 0 bridgehead atoms. The van der Waals surface area contributed by atoms with Crippen LogP contribution in [0.15, 0.2) is 24.3 Å². The molecule has 100 valence electrons. The first-order chi connectivity index (χ1) is 8.75. The fourth-order valence-corrected chi connectivity index (χ4v) is 2.19. The molecule has 0 spiro atoms. The SMILES string of the molecule is CC(C)(C)c1cc(N)nc(-c2cc(Cl)cc(Cl)c2)n1. The number of nitrogen functional groups attached to an aromatic ring is 1. The smallest absolute Gasteiger partial charge is 0.161 e. The molecule has 1 aromatic heterocycles. The van der Waals surface area contributed by atoms with Crippen LogP contribution in [-0.4, -0.2) is 9.97 Å². The zero-order chi connectivity index (χ0) is 14.2. The molecule has 0 amide bonds. The second-order valence-corrected chi connectivity index (χ2v) is 6.28. The van der Waals surface area contributed by atoms with Crippen LogP contribution in [0.25, 0.3) is 11.4 Å². The van der Waals surface area contributed by atoms with Gasteiger partial charge in [0.2, 0.25) is 0 Å². The number of benzene rings is 1. The maximum atomic E-state index is 6.00. The topological polar surface area (TPSA) is 51.8 Å². The van der Waals surface area contributed by atoms with E-state index in [2.05, 4.69) is 30.7 Å². The molecule has 2 aromatic rings. The molecule has 5 heteroatoms. The average molecular weight is 296 g/mol. The Bertz CT molecular complexity index is 598. The number of hydrogen-bond acceptors (Lipinski definition) is 3. The molecule has 0 saturated heterocycles. The lowest BCUT2D eigenvalue weighted by atomic mass is 9.92. The molecule has 3 nitrogen and oxygen atoms in total. The quantitative estimate of drug-likeness (QED) is 0.852. The molecule has 1 heterocycles. The lowest BCUT2D eigenvalue weighted by Crippen LogP contribution is -2.15. The first-order valence-corrected chi connectivity index (χ1v) is 6.63. The van der Waals surface area contributed by atoms with Gasteiger partial charge in [0.1, 0.15) is 5.82 Å². The van der Waals surface area contributed by atoms with Gasteiger partial charge in [-0.15, -0.1) is 0 Å².